The molecule has 0 fully saturated rings. The van der Waals surface area contributed by atoms with Gasteiger partial charge in [-0.1, -0.05) is 25.1 Å². The number of rotatable bonds is 7. The first-order valence-corrected chi connectivity index (χ1v) is 6.90. The Labute approximate surface area is 120 Å². The smallest absolute Gasteiger partial charge is 0.317 e. The van der Waals surface area contributed by atoms with Crippen LogP contribution in [0.25, 0.3) is 0 Å². The number of carbonyl (C=O) groups excluding carboxylic acids is 1. The van der Waals surface area contributed by atoms with Crippen LogP contribution in [0.5, 0.6) is 5.75 Å². The summed E-state index contributed by atoms with van der Waals surface area (Å²) < 4.78 is 5.32. The molecule has 5 nitrogen and oxygen atoms in total. The van der Waals surface area contributed by atoms with Crippen molar-refractivity contribution in [2.75, 3.05) is 33.4 Å². The zero-order valence-corrected chi connectivity index (χ0v) is 12.4. The Bertz CT molecular complexity index is 423. The van der Waals surface area contributed by atoms with E-state index in [9.17, 15) is 4.79 Å². The van der Waals surface area contributed by atoms with Gasteiger partial charge in [0.25, 0.3) is 0 Å². The molecule has 0 spiro atoms. The molecule has 1 atom stereocenters. The van der Waals surface area contributed by atoms with Gasteiger partial charge in [-0.2, -0.15) is 0 Å². The van der Waals surface area contributed by atoms with Crippen LogP contribution in [0.3, 0.4) is 0 Å². The number of nitrogens with one attached hydrogen (secondary N) is 1. The average molecular weight is 280 g/mol. The Morgan fingerprint density at radius 1 is 1.45 bits per heavy atom. The summed E-state index contributed by atoms with van der Waals surface area (Å²) in [5, 5.41) is 11.8. The minimum Gasteiger partial charge on any atom is -0.496 e. The molecule has 0 bridgehead atoms. The highest BCUT2D eigenvalue weighted by Crippen LogP contribution is 2.25. The van der Waals surface area contributed by atoms with E-state index in [0.29, 0.717) is 19.6 Å². The Kier molecular flexibility index (Phi) is 6.87. The topological polar surface area (TPSA) is 61.8 Å². The number of amides is 2. The largest absolute Gasteiger partial charge is 0.496 e. The first kappa shape index (κ1) is 16.3. The predicted octanol–water partition coefficient (Wildman–Crippen LogP) is 1.82. The van der Waals surface area contributed by atoms with Crippen LogP contribution in [0, 0.1) is 0 Å². The van der Waals surface area contributed by atoms with Crippen molar-refractivity contribution in [1.82, 2.24) is 10.2 Å². The molecule has 1 rings (SSSR count). The summed E-state index contributed by atoms with van der Waals surface area (Å²) in [5.41, 5.74) is 1.07. The van der Waals surface area contributed by atoms with E-state index in [1.165, 1.54) is 0 Å². The van der Waals surface area contributed by atoms with Crippen LogP contribution in [0.4, 0.5) is 4.79 Å². The van der Waals surface area contributed by atoms with E-state index in [-0.39, 0.29) is 18.6 Å². The molecular formula is C15H24N2O3. The van der Waals surface area contributed by atoms with Gasteiger partial charge in [0, 0.05) is 25.6 Å². The van der Waals surface area contributed by atoms with Crippen molar-refractivity contribution in [1.29, 1.82) is 0 Å². The van der Waals surface area contributed by atoms with Gasteiger partial charge in [0.05, 0.1) is 13.7 Å². The quantitative estimate of drug-likeness (QED) is 0.801. The van der Waals surface area contributed by atoms with E-state index in [1.54, 1.807) is 12.0 Å². The minimum atomic E-state index is -0.150. The van der Waals surface area contributed by atoms with Crippen molar-refractivity contribution < 1.29 is 14.6 Å². The molecule has 20 heavy (non-hydrogen) atoms. The maximum Gasteiger partial charge on any atom is 0.317 e. The number of hydrogen-bond acceptors (Lipinski definition) is 3. The van der Waals surface area contributed by atoms with Gasteiger partial charge in [0.15, 0.2) is 0 Å². The molecule has 0 radical (unpaired) electrons. The monoisotopic (exact) mass is 280 g/mol. The van der Waals surface area contributed by atoms with Gasteiger partial charge in [-0.15, -0.1) is 0 Å². The zero-order chi connectivity index (χ0) is 15.0. The molecule has 2 N–H and O–H groups in total. The number of aliphatic hydroxyl groups is 1. The number of ether oxygens (including phenoxy) is 1. The SMILES string of the molecule is CCN(CCO)C(=O)NCC(C)c1ccccc1OC. The summed E-state index contributed by atoms with van der Waals surface area (Å²) in [6, 6.07) is 7.65. The highest BCUT2D eigenvalue weighted by Gasteiger charge is 2.14. The number of hydrogen-bond donors (Lipinski definition) is 2. The van der Waals surface area contributed by atoms with E-state index < -0.39 is 0 Å². The minimum absolute atomic E-state index is 0.0245. The third-order valence-electron chi connectivity index (χ3n) is 3.27. The number of likely N-dealkylation sites (N-methyl/N-ethyl adjacent to an activating group) is 1. The lowest BCUT2D eigenvalue weighted by Gasteiger charge is -2.22. The summed E-state index contributed by atoms with van der Waals surface area (Å²) in [6.07, 6.45) is 0. The lowest BCUT2D eigenvalue weighted by molar-refractivity contribution is 0.180. The predicted molar refractivity (Wildman–Crippen MR) is 79.1 cm³/mol. The molecule has 112 valence electrons. The second-order valence-corrected chi connectivity index (χ2v) is 4.63. The fraction of sp³-hybridized carbons (Fsp3) is 0.533. The van der Waals surface area contributed by atoms with Crippen LogP contribution in [-0.2, 0) is 0 Å². The first-order valence-electron chi connectivity index (χ1n) is 6.90. The first-order chi connectivity index (χ1) is 9.63. The van der Waals surface area contributed by atoms with Gasteiger partial charge in [-0.3, -0.25) is 0 Å². The molecule has 0 saturated carbocycles. The number of urea groups is 1. The van der Waals surface area contributed by atoms with E-state index in [2.05, 4.69) is 5.32 Å². The van der Waals surface area contributed by atoms with Crippen LogP contribution in [0.2, 0.25) is 0 Å². The molecule has 0 heterocycles. The highest BCUT2D eigenvalue weighted by atomic mass is 16.5. The third-order valence-corrected chi connectivity index (χ3v) is 3.27. The van der Waals surface area contributed by atoms with Crippen molar-refractivity contribution in [3.63, 3.8) is 0 Å². The van der Waals surface area contributed by atoms with Gasteiger partial charge >= 0.3 is 6.03 Å². The van der Waals surface area contributed by atoms with Gasteiger partial charge in [-0.25, -0.2) is 4.79 Å². The molecule has 2 amide bonds. The summed E-state index contributed by atoms with van der Waals surface area (Å²) in [5.74, 6) is 0.986. The van der Waals surface area contributed by atoms with Gasteiger partial charge in [0.2, 0.25) is 0 Å². The lowest BCUT2D eigenvalue weighted by Crippen LogP contribution is -2.42. The molecular weight excluding hydrogens is 256 g/mol. The fourth-order valence-corrected chi connectivity index (χ4v) is 2.06. The summed E-state index contributed by atoms with van der Waals surface area (Å²) >= 11 is 0. The lowest BCUT2D eigenvalue weighted by atomic mass is 10.0. The van der Waals surface area contributed by atoms with Gasteiger partial charge < -0.3 is 20.1 Å². The van der Waals surface area contributed by atoms with E-state index >= 15 is 0 Å². The molecule has 0 aromatic heterocycles. The zero-order valence-electron chi connectivity index (χ0n) is 12.4. The van der Waals surface area contributed by atoms with Crippen LogP contribution >= 0.6 is 0 Å². The summed E-state index contributed by atoms with van der Waals surface area (Å²) in [7, 11) is 1.64. The van der Waals surface area contributed by atoms with Crippen LogP contribution < -0.4 is 10.1 Å². The maximum absolute atomic E-state index is 11.9. The number of carbonyl (C=O) groups is 1. The molecule has 5 heteroatoms. The van der Waals surface area contributed by atoms with Crippen LogP contribution in [0.1, 0.15) is 25.3 Å². The van der Waals surface area contributed by atoms with E-state index in [4.69, 9.17) is 9.84 Å². The maximum atomic E-state index is 11.9. The second-order valence-electron chi connectivity index (χ2n) is 4.63. The number of aliphatic hydroxyl groups excluding tert-OH is 1. The number of methoxy groups -OCH3 is 1. The van der Waals surface area contributed by atoms with Crippen molar-refractivity contribution in [3.8, 4) is 5.75 Å². The van der Waals surface area contributed by atoms with Gasteiger partial charge in [0.1, 0.15) is 5.75 Å². The van der Waals surface area contributed by atoms with Crippen molar-refractivity contribution >= 4 is 6.03 Å². The standard InChI is InChI=1S/C15H24N2O3/c1-4-17(9-10-18)15(19)16-11-12(2)13-7-5-6-8-14(13)20-3/h5-8,12,18H,4,9-11H2,1-3H3,(H,16,19). The molecule has 1 unspecified atom stereocenters. The summed E-state index contributed by atoms with van der Waals surface area (Å²) in [4.78, 5) is 13.5. The Balaban J connectivity index is 2.58. The van der Waals surface area contributed by atoms with E-state index in [1.807, 2.05) is 38.1 Å². The molecule has 0 aliphatic rings. The second kappa shape index (κ2) is 8.43. The molecule has 0 aliphatic heterocycles. The van der Waals surface area contributed by atoms with Crippen LogP contribution in [-0.4, -0.2) is 49.4 Å². The molecule has 0 aliphatic carbocycles. The van der Waals surface area contributed by atoms with Crippen molar-refractivity contribution in [2.24, 2.45) is 0 Å². The third kappa shape index (κ3) is 4.42. The Hall–Kier alpha value is -1.75. The molecule has 1 aromatic rings. The normalized spacial score (nSPS) is 11.8. The van der Waals surface area contributed by atoms with Crippen LogP contribution in [0.15, 0.2) is 24.3 Å². The fourth-order valence-electron chi connectivity index (χ4n) is 2.06. The molecule has 1 aromatic carbocycles. The van der Waals surface area contributed by atoms with Gasteiger partial charge in [-0.05, 0) is 18.6 Å². The Morgan fingerprint density at radius 2 is 2.15 bits per heavy atom. The highest BCUT2D eigenvalue weighted by molar-refractivity contribution is 5.74. The Morgan fingerprint density at radius 3 is 2.75 bits per heavy atom. The summed E-state index contributed by atoms with van der Waals surface area (Å²) in [6.45, 7) is 5.37. The average Bonchev–Trinajstić information content (AvgIpc) is 2.49. The number of benzene rings is 1. The van der Waals surface area contributed by atoms with Crippen molar-refractivity contribution in [2.45, 2.75) is 19.8 Å². The number of para-hydroxylation sites is 1. The molecule has 0 saturated heterocycles. The van der Waals surface area contributed by atoms with E-state index in [0.717, 1.165) is 11.3 Å². The van der Waals surface area contributed by atoms with Crippen molar-refractivity contribution in [3.05, 3.63) is 29.8 Å². The number of nitrogens with zero attached hydrogens (tertiary/aromatic N) is 1.